The molecule has 8 heteroatoms. The second-order valence-electron chi connectivity index (χ2n) is 7.51. The molecule has 1 saturated carbocycles. The first-order valence-corrected chi connectivity index (χ1v) is 10.9. The predicted octanol–water partition coefficient (Wildman–Crippen LogP) is 2.94. The minimum atomic E-state index is -0.321. The Kier molecular flexibility index (Phi) is 5.99. The van der Waals surface area contributed by atoms with Gasteiger partial charge in [0.1, 0.15) is 11.6 Å². The number of fused-ring (bicyclic) bond motifs is 1. The van der Waals surface area contributed by atoms with Gasteiger partial charge in [-0.1, -0.05) is 60.9 Å². The van der Waals surface area contributed by atoms with Gasteiger partial charge >= 0.3 is 5.69 Å². The third-order valence-electron chi connectivity index (χ3n) is 5.20. The van der Waals surface area contributed by atoms with Gasteiger partial charge in [0.25, 0.3) is 0 Å². The molecule has 0 saturated heterocycles. The van der Waals surface area contributed by atoms with Gasteiger partial charge in [0, 0.05) is 24.2 Å². The van der Waals surface area contributed by atoms with Gasteiger partial charge in [-0.05, 0) is 25.3 Å². The van der Waals surface area contributed by atoms with Crippen molar-refractivity contribution in [2.75, 3.05) is 0 Å². The SMILES string of the molecule is Cc1ccc(CNC(=O)Cn2nc3c(SC4CCCCC4)nccn3c2=O)cc1. The van der Waals surface area contributed by atoms with Crippen molar-refractivity contribution in [3.05, 3.63) is 58.3 Å². The molecule has 3 aromatic rings. The average molecular weight is 412 g/mol. The lowest BCUT2D eigenvalue weighted by molar-refractivity contribution is -0.122. The Morgan fingerprint density at radius 2 is 1.97 bits per heavy atom. The molecule has 2 heterocycles. The van der Waals surface area contributed by atoms with E-state index in [2.05, 4.69) is 15.4 Å². The number of carbonyl (C=O) groups excluding carboxylic acids is 1. The number of amides is 1. The van der Waals surface area contributed by atoms with Crippen LogP contribution in [0.3, 0.4) is 0 Å². The van der Waals surface area contributed by atoms with E-state index in [-0.39, 0.29) is 18.1 Å². The van der Waals surface area contributed by atoms with E-state index in [1.807, 2.05) is 31.2 Å². The van der Waals surface area contributed by atoms with Crippen LogP contribution in [0.25, 0.3) is 5.65 Å². The van der Waals surface area contributed by atoms with Crippen LogP contribution >= 0.6 is 11.8 Å². The predicted molar refractivity (Wildman–Crippen MR) is 113 cm³/mol. The van der Waals surface area contributed by atoms with Crippen molar-refractivity contribution in [3.63, 3.8) is 0 Å². The number of rotatable bonds is 6. The van der Waals surface area contributed by atoms with E-state index in [0.29, 0.717) is 17.4 Å². The zero-order valence-electron chi connectivity index (χ0n) is 16.5. The van der Waals surface area contributed by atoms with Crippen molar-refractivity contribution in [3.8, 4) is 0 Å². The Morgan fingerprint density at radius 1 is 1.21 bits per heavy atom. The second-order valence-corrected chi connectivity index (χ2v) is 8.80. The summed E-state index contributed by atoms with van der Waals surface area (Å²) in [5.74, 6) is -0.245. The molecule has 1 aliphatic rings. The Bertz CT molecular complexity index is 1050. The largest absolute Gasteiger partial charge is 0.350 e. The summed E-state index contributed by atoms with van der Waals surface area (Å²) in [6, 6.07) is 7.97. The van der Waals surface area contributed by atoms with E-state index in [1.165, 1.54) is 46.8 Å². The summed E-state index contributed by atoms with van der Waals surface area (Å²) in [7, 11) is 0. The molecule has 2 aromatic heterocycles. The number of aryl methyl sites for hydroxylation is 1. The molecule has 1 fully saturated rings. The number of aromatic nitrogens is 4. The Morgan fingerprint density at radius 3 is 2.72 bits per heavy atom. The fourth-order valence-electron chi connectivity index (χ4n) is 3.55. The van der Waals surface area contributed by atoms with Crippen LogP contribution in [-0.4, -0.2) is 30.3 Å². The van der Waals surface area contributed by atoms with Crippen molar-refractivity contribution in [2.24, 2.45) is 0 Å². The highest BCUT2D eigenvalue weighted by molar-refractivity contribution is 8.00. The number of carbonyl (C=O) groups is 1. The van der Waals surface area contributed by atoms with E-state index < -0.39 is 0 Å². The summed E-state index contributed by atoms with van der Waals surface area (Å²) >= 11 is 1.70. The van der Waals surface area contributed by atoms with Crippen LogP contribution in [0.2, 0.25) is 0 Å². The van der Waals surface area contributed by atoms with Crippen LogP contribution in [-0.2, 0) is 17.9 Å². The van der Waals surface area contributed by atoms with Crippen LogP contribution in [0.4, 0.5) is 0 Å². The standard InChI is InChI=1S/C21H25N5O2S/c1-15-7-9-16(10-8-15)13-23-18(27)14-26-21(28)25-12-11-22-20(19(25)24-26)29-17-5-3-2-4-6-17/h7-12,17H,2-6,13-14H2,1H3,(H,23,27). The van der Waals surface area contributed by atoms with Crippen molar-refractivity contribution in [1.29, 1.82) is 0 Å². The quantitative estimate of drug-likeness (QED) is 0.674. The molecule has 0 unspecified atom stereocenters. The van der Waals surface area contributed by atoms with Crippen LogP contribution in [0.15, 0.2) is 46.5 Å². The molecule has 4 rings (SSSR count). The van der Waals surface area contributed by atoms with Crippen molar-refractivity contribution >= 4 is 23.3 Å². The molecule has 0 radical (unpaired) electrons. The molecule has 0 bridgehead atoms. The second kappa shape index (κ2) is 8.82. The number of hydrogen-bond donors (Lipinski definition) is 1. The van der Waals surface area contributed by atoms with Crippen LogP contribution in [0.1, 0.15) is 43.2 Å². The maximum Gasteiger partial charge on any atom is 0.350 e. The number of nitrogens with one attached hydrogen (secondary N) is 1. The zero-order chi connectivity index (χ0) is 20.2. The maximum atomic E-state index is 12.7. The summed E-state index contributed by atoms with van der Waals surface area (Å²) < 4.78 is 2.69. The van der Waals surface area contributed by atoms with Gasteiger partial charge < -0.3 is 5.32 Å². The van der Waals surface area contributed by atoms with Gasteiger partial charge in [-0.25, -0.2) is 18.9 Å². The molecule has 7 nitrogen and oxygen atoms in total. The maximum absolute atomic E-state index is 12.7. The molecule has 1 amide bonds. The van der Waals surface area contributed by atoms with Gasteiger partial charge in [0.2, 0.25) is 5.91 Å². The van der Waals surface area contributed by atoms with E-state index in [1.54, 1.807) is 24.2 Å². The third-order valence-corrected chi connectivity index (χ3v) is 6.52. The Balaban J connectivity index is 1.46. The third kappa shape index (κ3) is 4.70. The zero-order valence-corrected chi connectivity index (χ0v) is 17.3. The summed E-state index contributed by atoms with van der Waals surface area (Å²) in [4.78, 5) is 29.5. The molecule has 1 N–H and O–H groups in total. The number of hydrogen-bond acceptors (Lipinski definition) is 5. The highest BCUT2D eigenvalue weighted by Crippen LogP contribution is 2.33. The molecule has 1 aromatic carbocycles. The highest BCUT2D eigenvalue weighted by atomic mass is 32.2. The Hall–Kier alpha value is -2.61. The van der Waals surface area contributed by atoms with Gasteiger partial charge in [-0.15, -0.1) is 5.10 Å². The summed E-state index contributed by atoms with van der Waals surface area (Å²) in [6.45, 7) is 2.33. The molecule has 29 heavy (non-hydrogen) atoms. The van der Waals surface area contributed by atoms with E-state index in [4.69, 9.17) is 0 Å². The van der Waals surface area contributed by atoms with Crippen LogP contribution in [0, 0.1) is 6.92 Å². The monoisotopic (exact) mass is 411 g/mol. The topological polar surface area (TPSA) is 81.3 Å². The number of thioether (sulfide) groups is 1. The molecular formula is C21H25N5O2S. The molecule has 0 spiro atoms. The van der Waals surface area contributed by atoms with Crippen molar-refractivity contribution in [2.45, 2.75) is 62.4 Å². The lowest BCUT2D eigenvalue weighted by Gasteiger charge is -2.20. The first kappa shape index (κ1) is 19.7. The van der Waals surface area contributed by atoms with Crippen molar-refractivity contribution < 1.29 is 4.79 Å². The number of benzene rings is 1. The molecule has 0 aliphatic heterocycles. The van der Waals surface area contributed by atoms with Gasteiger partial charge in [0.15, 0.2) is 5.65 Å². The number of nitrogens with zero attached hydrogens (tertiary/aromatic N) is 4. The molecule has 152 valence electrons. The fourth-order valence-corrected chi connectivity index (χ4v) is 4.80. The first-order chi connectivity index (χ1) is 14.1. The summed E-state index contributed by atoms with van der Waals surface area (Å²) in [5, 5.41) is 8.53. The van der Waals surface area contributed by atoms with Gasteiger partial charge in [-0.3, -0.25) is 4.79 Å². The summed E-state index contributed by atoms with van der Waals surface area (Å²) in [5.41, 5.74) is 2.39. The summed E-state index contributed by atoms with van der Waals surface area (Å²) in [6.07, 6.45) is 9.34. The highest BCUT2D eigenvalue weighted by Gasteiger charge is 2.19. The van der Waals surface area contributed by atoms with Gasteiger partial charge in [-0.2, -0.15) is 0 Å². The fraction of sp³-hybridized carbons (Fsp3) is 0.429. The van der Waals surface area contributed by atoms with Gasteiger partial charge in [0.05, 0.1) is 0 Å². The lowest BCUT2D eigenvalue weighted by Crippen LogP contribution is -2.32. The smallest absolute Gasteiger partial charge is 0.350 e. The van der Waals surface area contributed by atoms with Crippen molar-refractivity contribution in [1.82, 2.24) is 24.5 Å². The van der Waals surface area contributed by atoms with E-state index in [9.17, 15) is 9.59 Å². The Labute approximate surface area is 173 Å². The van der Waals surface area contributed by atoms with Crippen LogP contribution < -0.4 is 11.0 Å². The normalized spacial score (nSPS) is 14.9. The lowest BCUT2D eigenvalue weighted by atomic mass is 10.0. The molecule has 0 atom stereocenters. The first-order valence-electron chi connectivity index (χ1n) is 10.0. The minimum Gasteiger partial charge on any atom is -0.350 e. The average Bonchev–Trinajstić information content (AvgIpc) is 3.05. The molecule has 1 aliphatic carbocycles. The van der Waals surface area contributed by atoms with E-state index in [0.717, 1.165) is 10.6 Å². The molecular weight excluding hydrogens is 386 g/mol. The minimum absolute atomic E-state index is 0.111. The van der Waals surface area contributed by atoms with Crippen LogP contribution in [0.5, 0.6) is 0 Å². The van der Waals surface area contributed by atoms with E-state index >= 15 is 0 Å².